The van der Waals surface area contributed by atoms with E-state index in [2.05, 4.69) is 31.2 Å². The molecule has 0 atom stereocenters. The molecule has 3 aromatic rings. The fourth-order valence-electron chi connectivity index (χ4n) is 5.97. The lowest BCUT2D eigenvalue weighted by molar-refractivity contribution is -0.138. The smallest absolute Gasteiger partial charge is 0.408 e. The second-order valence-corrected chi connectivity index (χ2v) is 12.8. The van der Waals surface area contributed by atoms with Crippen LogP contribution >= 0.6 is 15.9 Å². The first kappa shape index (κ1) is 26.7. The molecule has 0 bridgehead atoms. The Hall–Kier alpha value is -3.53. The summed E-state index contributed by atoms with van der Waals surface area (Å²) in [5.74, 6) is -0.0905. The highest BCUT2D eigenvalue weighted by atomic mass is 79.9. The second kappa shape index (κ2) is 9.54. The first-order valence-electron chi connectivity index (χ1n) is 13.6. The molecule has 2 aliphatic heterocycles. The van der Waals surface area contributed by atoms with Gasteiger partial charge in [-0.25, -0.2) is 4.79 Å². The summed E-state index contributed by atoms with van der Waals surface area (Å²) < 4.78 is 6.26. The zero-order valence-electron chi connectivity index (χ0n) is 22.9. The summed E-state index contributed by atoms with van der Waals surface area (Å²) in [5.41, 5.74) is 0.233. The van der Waals surface area contributed by atoms with Gasteiger partial charge >= 0.3 is 6.09 Å². The molecule has 0 radical (unpaired) electrons. The van der Waals surface area contributed by atoms with Gasteiger partial charge in [-0.15, -0.1) is 0 Å². The maximum absolute atomic E-state index is 14.2. The number of likely N-dealkylation sites (tertiary alicyclic amines) is 1. The van der Waals surface area contributed by atoms with Crippen LogP contribution in [0.3, 0.4) is 0 Å². The van der Waals surface area contributed by atoms with Gasteiger partial charge in [0.05, 0.1) is 29.5 Å². The normalized spacial score (nSPS) is 19.1. The van der Waals surface area contributed by atoms with Crippen LogP contribution in [-0.2, 0) is 26.3 Å². The number of fused-ring (bicyclic) bond motifs is 3. The van der Waals surface area contributed by atoms with Crippen LogP contribution in [0.2, 0.25) is 0 Å². The molecule has 9 nitrogen and oxygen atoms in total. The van der Waals surface area contributed by atoms with Crippen molar-refractivity contribution in [3.05, 3.63) is 64.7 Å². The highest BCUT2D eigenvalue weighted by Gasteiger charge is 2.57. The minimum absolute atomic E-state index is 0.0115. The molecule has 1 saturated carbocycles. The van der Waals surface area contributed by atoms with Crippen molar-refractivity contribution in [3.63, 3.8) is 0 Å². The van der Waals surface area contributed by atoms with Crippen molar-refractivity contribution in [1.82, 2.24) is 20.2 Å². The van der Waals surface area contributed by atoms with Crippen LogP contribution in [0.5, 0.6) is 0 Å². The lowest BCUT2D eigenvalue weighted by atomic mass is 9.74. The third-order valence-electron chi connectivity index (χ3n) is 8.18. The van der Waals surface area contributed by atoms with Gasteiger partial charge in [-0.1, -0.05) is 24.3 Å². The van der Waals surface area contributed by atoms with Gasteiger partial charge in [-0.05, 0) is 79.4 Å². The lowest BCUT2D eigenvalue weighted by Gasteiger charge is -2.40. The molecule has 1 N–H and O–H groups in total. The number of hydrogen-bond acceptors (Lipinski definition) is 6. The van der Waals surface area contributed by atoms with Crippen LogP contribution in [0.1, 0.15) is 57.7 Å². The van der Waals surface area contributed by atoms with Crippen LogP contribution in [0, 0.1) is 0 Å². The van der Waals surface area contributed by atoms with Crippen LogP contribution in [0.15, 0.2) is 53.4 Å². The Morgan fingerprint density at radius 3 is 2.50 bits per heavy atom. The number of carbonyl (C=O) groups is 3. The maximum atomic E-state index is 14.2. The van der Waals surface area contributed by atoms with E-state index >= 15 is 0 Å². The molecule has 208 valence electrons. The molecular weight excluding hydrogens is 574 g/mol. The highest BCUT2D eigenvalue weighted by Crippen LogP contribution is 2.49. The molecule has 40 heavy (non-hydrogen) atoms. The average Bonchev–Trinajstić information content (AvgIpc) is 3.67. The number of hydrogen-bond donors (Lipinski definition) is 1. The summed E-state index contributed by atoms with van der Waals surface area (Å²) in [6.07, 6.45) is 6.90. The average molecular weight is 607 g/mol. The Morgan fingerprint density at radius 1 is 1.07 bits per heavy atom. The number of nitrogens with one attached hydrogen (secondary N) is 1. The van der Waals surface area contributed by atoms with Crippen molar-refractivity contribution in [2.75, 3.05) is 18.0 Å². The number of aromatic nitrogens is 2. The van der Waals surface area contributed by atoms with E-state index in [1.165, 1.54) is 0 Å². The predicted molar refractivity (Wildman–Crippen MR) is 154 cm³/mol. The Labute approximate surface area is 241 Å². The van der Waals surface area contributed by atoms with Crippen molar-refractivity contribution < 1.29 is 19.1 Å². The number of halogens is 1. The van der Waals surface area contributed by atoms with Gasteiger partial charge in [0, 0.05) is 35.3 Å². The largest absolute Gasteiger partial charge is 0.444 e. The number of alkyl carbamates (subject to hydrolysis) is 1. The fraction of sp³-hybridized carbons (Fsp3) is 0.433. The standard InChI is InChI=1S/C30H32BrN5O4/c1-28(2,3)40-27(39)34-30(9-10-30)26(38)35-14-11-29(12-15-35)21-8-13-32-17-23(21)36(25(29)37)18-22-24(31)20-7-5-4-6-19(20)16-33-22/h4-8,13,16-17H,9-12,14-15,18H2,1-3H3,(H,34,39). The van der Waals surface area contributed by atoms with Crippen LogP contribution in [0.25, 0.3) is 10.8 Å². The summed E-state index contributed by atoms with van der Waals surface area (Å²) >= 11 is 3.72. The van der Waals surface area contributed by atoms with Crippen LogP contribution < -0.4 is 10.2 Å². The van der Waals surface area contributed by atoms with Crippen molar-refractivity contribution in [3.8, 4) is 0 Å². The van der Waals surface area contributed by atoms with E-state index in [0.29, 0.717) is 45.3 Å². The minimum atomic E-state index is -0.908. The summed E-state index contributed by atoms with van der Waals surface area (Å²) in [6.45, 7) is 6.55. The Kier molecular flexibility index (Phi) is 6.36. The van der Waals surface area contributed by atoms with Gasteiger partial charge in [0.1, 0.15) is 11.1 Å². The van der Waals surface area contributed by atoms with Crippen LogP contribution in [0.4, 0.5) is 10.5 Å². The van der Waals surface area contributed by atoms with Gasteiger partial charge in [0.15, 0.2) is 0 Å². The summed E-state index contributed by atoms with van der Waals surface area (Å²) in [4.78, 5) is 52.6. The Bertz CT molecular complexity index is 1520. The Morgan fingerprint density at radius 2 is 1.80 bits per heavy atom. The quantitative estimate of drug-likeness (QED) is 0.455. The van der Waals surface area contributed by atoms with Crippen LogP contribution in [-0.4, -0.2) is 57.0 Å². The molecule has 6 rings (SSSR count). The summed E-state index contributed by atoms with van der Waals surface area (Å²) in [5, 5.41) is 4.88. The molecule has 1 spiro atoms. The van der Waals surface area contributed by atoms with E-state index < -0.39 is 22.6 Å². The van der Waals surface area contributed by atoms with E-state index in [4.69, 9.17) is 4.74 Å². The van der Waals surface area contributed by atoms with Gasteiger partial charge in [-0.3, -0.25) is 19.6 Å². The number of ether oxygens (including phenoxy) is 1. The van der Waals surface area contributed by atoms with Crippen molar-refractivity contribution in [2.24, 2.45) is 0 Å². The van der Waals surface area contributed by atoms with Crippen molar-refractivity contribution in [2.45, 2.75) is 69.6 Å². The number of pyridine rings is 2. The maximum Gasteiger partial charge on any atom is 0.408 e. The van der Waals surface area contributed by atoms with E-state index in [-0.39, 0.29) is 11.8 Å². The van der Waals surface area contributed by atoms with E-state index in [1.54, 1.807) is 43.0 Å². The third-order valence-corrected chi connectivity index (χ3v) is 9.07. The lowest BCUT2D eigenvalue weighted by Crippen LogP contribution is -2.56. The minimum Gasteiger partial charge on any atom is -0.444 e. The molecule has 2 aromatic heterocycles. The molecule has 0 unspecified atom stereocenters. The van der Waals surface area contributed by atoms with E-state index in [9.17, 15) is 14.4 Å². The molecule has 1 saturated heterocycles. The topological polar surface area (TPSA) is 105 Å². The number of amides is 3. The molecule has 3 amide bonds. The fourth-order valence-corrected chi connectivity index (χ4v) is 6.56. The SMILES string of the molecule is CC(C)(C)OC(=O)NC1(C(=O)N2CCC3(CC2)C(=O)N(Cc2ncc4ccccc4c2Br)c2cnccc23)CC1. The first-order chi connectivity index (χ1) is 19.0. The van der Waals surface area contributed by atoms with Gasteiger partial charge in [0.25, 0.3) is 0 Å². The zero-order chi connectivity index (χ0) is 28.3. The molecule has 3 aliphatic rings. The van der Waals surface area contributed by atoms with Gasteiger partial charge < -0.3 is 19.9 Å². The first-order valence-corrected chi connectivity index (χ1v) is 14.4. The number of piperidine rings is 1. The number of nitrogens with zero attached hydrogens (tertiary/aromatic N) is 4. The second-order valence-electron chi connectivity index (χ2n) is 12.0. The zero-order valence-corrected chi connectivity index (χ0v) is 24.5. The number of benzene rings is 1. The van der Waals surface area contributed by atoms with Gasteiger partial charge in [-0.2, -0.15) is 0 Å². The monoisotopic (exact) mass is 605 g/mol. The summed E-state index contributed by atoms with van der Waals surface area (Å²) in [6, 6.07) is 9.93. The molecule has 2 fully saturated rings. The Balaban J connectivity index is 1.21. The summed E-state index contributed by atoms with van der Waals surface area (Å²) in [7, 11) is 0. The molecule has 1 aromatic carbocycles. The molecular formula is C30H32BrN5O4. The molecule has 4 heterocycles. The number of carbonyl (C=O) groups excluding carboxylic acids is 3. The third kappa shape index (κ3) is 4.52. The van der Waals surface area contributed by atoms with Crippen molar-refractivity contribution >= 4 is 50.3 Å². The molecule has 10 heteroatoms. The van der Waals surface area contributed by atoms with Crippen molar-refractivity contribution in [1.29, 1.82) is 0 Å². The van der Waals surface area contributed by atoms with E-state index in [1.807, 2.05) is 36.5 Å². The number of rotatable bonds is 4. The highest BCUT2D eigenvalue weighted by molar-refractivity contribution is 9.10. The van der Waals surface area contributed by atoms with Gasteiger partial charge in [0.2, 0.25) is 11.8 Å². The van der Waals surface area contributed by atoms with E-state index in [0.717, 1.165) is 32.2 Å². The number of anilines is 1. The predicted octanol–water partition coefficient (Wildman–Crippen LogP) is 4.86. The molecule has 1 aliphatic carbocycles.